The summed E-state index contributed by atoms with van der Waals surface area (Å²) in [6, 6.07) is 2.11. The van der Waals surface area contributed by atoms with E-state index in [9.17, 15) is 9.59 Å². The maximum absolute atomic E-state index is 11.7. The highest BCUT2D eigenvalue weighted by molar-refractivity contribution is 5.83. The van der Waals surface area contributed by atoms with Crippen molar-refractivity contribution in [3.63, 3.8) is 0 Å². The predicted molar refractivity (Wildman–Crippen MR) is 70.5 cm³/mol. The van der Waals surface area contributed by atoms with Crippen molar-refractivity contribution in [3.8, 4) is 0 Å². The molecule has 6 heteroatoms. The minimum atomic E-state index is -1.05. The van der Waals surface area contributed by atoms with E-state index in [0.717, 1.165) is 5.56 Å². The van der Waals surface area contributed by atoms with E-state index in [4.69, 9.17) is 5.11 Å². The molecule has 1 aromatic rings. The molecular formula is C13H19N3O3. The second-order valence-corrected chi connectivity index (χ2v) is 5.32. The van der Waals surface area contributed by atoms with Crippen LogP contribution in [0.3, 0.4) is 0 Å². The van der Waals surface area contributed by atoms with Crippen LogP contribution in [0.2, 0.25) is 0 Å². The van der Waals surface area contributed by atoms with Gasteiger partial charge in [-0.1, -0.05) is 20.8 Å². The number of carbonyl (C=O) groups excluding carboxylic acids is 1. The highest BCUT2D eigenvalue weighted by Gasteiger charge is 2.32. The first kappa shape index (κ1) is 14.9. The number of nitrogens with zero attached hydrogens (tertiary/aromatic N) is 1. The lowest BCUT2D eigenvalue weighted by Gasteiger charge is -2.27. The van der Waals surface area contributed by atoms with Crippen LogP contribution >= 0.6 is 0 Å². The van der Waals surface area contributed by atoms with Crippen LogP contribution in [0.4, 0.5) is 4.79 Å². The van der Waals surface area contributed by atoms with Gasteiger partial charge in [-0.05, 0) is 23.1 Å². The highest BCUT2D eigenvalue weighted by Crippen LogP contribution is 2.19. The largest absolute Gasteiger partial charge is 0.480 e. The van der Waals surface area contributed by atoms with Gasteiger partial charge in [-0.2, -0.15) is 0 Å². The second kappa shape index (κ2) is 6.17. The first-order valence-corrected chi connectivity index (χ1v) is 5.97. The van der Waals surface area contributed by atoms with Gasteiger partial charge in [-0.3, -0.25) is 4.98 Å². The summed E-state index contributed by atoms with van der Waals surface area (Å²) < 4.78 is 0. The van der Waals surface area contributed by atoms with Crippen LogP contribution < -0.4 is 10.6 Å². The van der Waals surface area contributed by atoms with Gasteiger partial charge in [0.1, 0.15) is 6.04 Å². The van der Waals surface area contributed by atoms with Crippen molar-refractivity contribution in [2.75, 3.05) is 0 Å². The molecule has 2 amide bonds. The van der Waals surface area contributed by atoms with Gasteiger partial charge in [0.25, 0.3) is 0 Å². The molecule has 0 fully saturated rings. The third-order valence-corrected chi connectivity index (χ3v) is 2.59. The number of urea groups is 1. The predicted octanol–water partition coefficient (Wildman–Crippen LogP) is 1.38. The Kier molecular flexibility index (Phi) is 4.86. The maximum Gasteiger partial charge on any atom is 0.326 e. The third kappa shape index (κ3) is 4.95. The van der Waals surface area contributed by atoms with Gasteiger partial charge >= 0.3 is 12.0 Å². The molecule has 104 valence electrons. The lowest BCUT2D eigenvalue weighted by Crippen LogP contribution is -2.52. The van der Waals surface area contributed by atoms with E-state index in [1.54, 1.807) is 45.3 Å². The first-order chi connectivity index (χ1) is 8.80. The van der Waals surface area contributed by atoms with Gasteiger partial charge in [0, 0.05) is 18.9 Å². The van der Waals surface area contributed by atoms with E-state index in [1.807, 2.05) is 0 Å². The number of carboxylic acids is 1. The zero-order valence-corrected chi connectivity index (χ0v) is 11.3. The van der Waals surface area contributed by atoms with E-state index in [1.165, 1.54) is 0 Å². The van der Waals surface area contributed by atoms with E-state index in [0.29, 0.717) is 6.54 Å². The number of aromatic nitrogens is 1. The topological polar surface area (TPSA) is 91.3 Å². The van der Waals surface area contributed by atoms with Gasteiger partial charge < -0.3 is 15.7 Å². The van der Waals surface area contributed by atoms with Crippen LogP contribution in [-0.2, 0) is 11.3 Å². The summed E-state index contributed by atoms with van der Waals surface area (Å²) in [6.07, 6.45) is 3.26. The summed E-state index contributed by atoms with van der Waals surface area (Å²) in [6.45, 7) is 5.60. The quantitative estimate of drug-likeness (QED) is 0.767. The molecule has 1 atom stereocenters. The normalized spacial score (nSPS) is 12.6. The molecule has 0 saturated carbocycles. The average molecular weight is 265 g/mol. The molecule has 0 aromatic carbocycles. The Balaban J connectivity index is 2.52. The Morgan fingerprint density at radius 2 is 1.89 bits per heavy atom. The van der Waals surface area contributed by atoms with Gasteiger partial charge in [0.15, 0.2) is 0 Å². The molecule has 0 radical (unpaired) electrons. The minimum Gasteiger partial charge on any atom is -0.480 e. The fraction of sp³-hybridized carbons (Fsp3) is 0.462. The standard InChI is InChI=1S/C13H19N3O3/c1-13(2,3)10(11(17)18)16-12(19)15-8-9-4-6-14-7-5-9/h4-7,10H,8H2,1-3H3,(H,17,18)(H2,15,16,19)/t10-/m0/s1. The lowest BCUT2D eigenvalue weighted by molar-refractivity contribution is -0.141. The smallest absolute Gasteiger partial charge is 0.326 e. The average Bonchev–Trinajstić information content (AvgIpc) is 2.33. The van der Waals surface area contributed by atoms with Crippen molar-refractivity contribution in [2.45, 2.75) is 33.4 Å². The molecule has 0 spiro atoms. The van der Waals surface area contributed by atoms with E-state index < -0.39 is 23.5 Å². The number of carboxylic acid groups (broad SMARTS) is 1. The number of carbonyl (C=O) groups is 2. The van der Waals surface area contributed by atoms with Crippen molar-refractivity contribution in [3.05, 3.63) is 30.1 Å². The van der Waals surface area contributed by atoms with Crippen LogP contribution in [0.15, 0.2) is 24.5 Å². The van der Waals surface area contributed by atoms with Crippen LogP contribution in [-0.4, -0.2) is 28.1 Å². The zero-order valence-electron chi connectivity index (χ0n) is 11.3. The summed E-state index contributed by atoms with van der Waals surface area (Å²) >= 11 is 0. The Hall–Kier alpha value is -2.11. The van der Waals surface area contributed by atoms with Crippen LogP contribution in [0.25, 0.3) is 0 Å². The summed E-state index contributed by atoms with van der Waals surface area (Å²) in [5.41, 5.74) is 0.340. The molecule has 19 heavy (non-hydrogen) atoms. The first-order valence-electron chi connectivity index (χ1n) is 5.97. The zero-order chi connectivity index (χ0) is 14.5. The van der Waals surface area contributed by atoms with Crippen molar-refractivity contribution in [1.29, 1.82) is 0 Å². The molecule has 1 rings (SSSR count). The molecule has 0 aliphatic rings. The van der Waals surface area contributed by atoms with E-state index >= 15 is 0 Å². The monoisotopic (exact) mass is 265 g/mol. The SMILES string of the molecule is CC(C)(C)[C@@H](NC(=O)NCc1ccncc1)C(=O)O. The van der Waals surface area contributed by atoms with E-state index in [2.05, 4.69) is 15.6 Å². The molecule has 6 nitrogen and oxygen atoms in total. The molecule has 0 bridgehead atoms. The number of pyridine rings is 1. The number of hydrogen-bond donors (Lipinski definition) is 3. The Bertz CT molecular complexity index is 440. The van der Waals surface area contributed by atoms with Crippen LogP contribution in [0.5, 0.6) is 0 Å². The number of hydrogen-bond acceptors (Lipinski definition) is 3. The van der Waals surface area contributed by atoms with Gasteiger partial charge in [0.2, 0.25) is 0 Å². The summed E-state index contributed by atoms with van der Waals surface area (Å²) in [7, 11) is 0. The fourth-order valence-corrected chi connectivity index (χ4v) is 1.51. The van der Waals surface area contributed by atoms with Crippen molar-refractivity contribution in [1.82, 2.24) is 15.6 Å². The van der Waals surface area contributed by atoms with Crippen molar-refractivity contribution < 1.29 is 14.7 Å². The molecule has 0 saturated heterocycles. The molecule has 3 N–H and O–H groups in total. The minimum absolute atomic E-state index is 0.324. The number of rotatable bonds is 4. The molecule has 0 aliphatic heterocycles. The Morgan fingerprint density at radius 3 is 2.37 bits per heavy atom. The van der Waals surface area contributed by atoms with Gasteiger partial charge in [-0.15, -0.1) is 0 Å². The number of amides is 2. The molecule has 1 aromatic heterocycles. The summed E-state index contributed by atoms with van der Waals surface area (Å²) in [4.78, 5) is 26.7. The number of aliphatic carboxylic acids is 1. The molecule has 1 heterocycles. The summed E-state index contributed by atoms with van der Waals surface area (Å²) in [5, 5.41) is 14.2. The summed E-state index contributed by atoms with van der Waals surface area (Å²) in [5.74, 6) is -1.05. The number of nitrogens with one attached hydrogen (secondary N) is 2. The van der Waals surface area contributed by atoms with Crippen LogP contribution in [0.1, 0.15) is 26.3 Å². The van der Waals surface area contributed by atoms with Gasteiger partial charge in [0.05, 0.1) is 0 Å². The lowest BCUT2D eigenvalue weighted by atomic mass is 9.87. The molecule has 0 unspecified atom stereocenters. The van der Waals surface area contributed by atoms with Crippen molar-refractivity contribution >= 4 is 12.0 Å². The molecular weight excluding hydrogens is 246 g/mol. The highest BCUT2D eigenvalue weighted by atomic mass is 16.4. The van der Waals surface area contributed by atoms with Gasteiger partial charge in [-0.25, -0.2) is 9.59 Å². The second-order valence-electron chi connectivity index (χ2n) is 5.32. The Labute approximate surface area is 112 Å². The fourth-order valence-electron chi connectivity index (χ4n) is 1.51. The molecule has 0 aliphatic carbocycles. The third-order valence-electron chi connectivity index (χ3n) is 2.59. The van der Waals surface area contributed by atoms with E-state index in [-0.39, 0.29) is 0 Å². The van der Waals surface area contributed by atoms with Crippen LogP contribution in [0, 0.1) is 5.41 Å². The van der Waals surface area contributed by atoms with Crippen molar-refractivity contribution in [2.24, 2.45) is 5.41 Å². The Morgan fingerprint density at radius 1 is 1.32 bits per heavy atom. The maximum atomic E-state index is 11.7.